The van der Waals surface area contributed by atoms with E-state index in [-0.39, 0.29) is 13.2 Å². The number of piperazine rings is 1. The van der Waals surface area contributed by atoms with Crippen molar-refractivity contribution in [3.05, 3.63) is 71.3 Å². The summed E-state index contributed by atoms with van der Waals surface area (Å²) in [4.78, 5) is 6.97. The first-order valence-corrected chi connectivity index (χ1v) is 11.1. The second kappa shape index (κ2) is 11.0. The highest BCUT2D eigenvalue weighted by Gasteiger charge is 2.15. The van der Waals surface area contributed by atoms with Crippen LogP contribution < -0.4 is 14.8 Å². The van der Waals surface area contributed by atoms with Crippen molar-refractivity contribution >= 4 is 0 Å². The Balaban J connectivity index is 1.53. The molecule has 0 atom stereocenters. The predicted molar refractivity (Wildman–Crippen MR) is 124 cm³/mol. The van der Waals surface area contributed by atoms with E-state index in [4.69, 9.17) is 14.6 Å². The molecule has 0 unspecified atom stereocenters. The highest BCUT2D eigenvalue weighted by atomic mass is 16.5. The Morgan fingerprint density at radius 2 is 1.94 bits per heavy atom. The molecule has 172 valence electrons. The lowest BCUT2D eigenvalue weighted by Gasteiger charge is -2.27. The molecule has 2 N–H and O–H groups in total. The van der Waals surface area contributed by atoms with E-state index in [1.807, 2.05) is 37.4 Å². The molecular weight excluding hydrogens is 418 g/mol. The zero-order valence-corrected chi connectivity index (χ0v) is 18.8. The number of rotatable bonds is 9. The minimum atomic E-state index is -0.0595. The van der Waals surface area contributed by atoms with Gasteiger partial charge in [0.2, 0.25) is 0 Å². The van der Waals surface area contributed by atoms with E-state index in [1.54, 1.807) is 18.2 Å². The number of nitrogens with one attached hydrogen (secondary N) is 1. The van der Waals surface area contributed by atoms with Crippen molar-refractivity contribution in [3.63, 3.8) is 0 Å². The van der Waals surface area contributed by atoms with Gasteiger partial charge in [0.15, 0.2) is 0 Å². The first-order chi connectivity index (χ1) is 16.2. The third-order valence-corrected chi connectivity index (χ3v) is 5.63. The fourth-order valence-electron chi connectivity index (χ4n) is 3.90. The number of aliphatic hydroxyl groups excluding tert-OH is 1. The van der Waals surface area contributed by atoms with Gasteiger partial charge >= 0.3 is 0 Å². The quantitative estimate of drug-likeness (QED) is 0.521. The minimum Gasteiger partial charge on any atom is -0.491 e. The fourth-order valence-corrected chi connectivity index (χ4v) is 3.90. The fraction of sp³-hybridized carbons (Fsp3) is 0.360. The number of nitrogens with zero attached hydrogens (tertiary/aromatic N) is 4. The predicted octanol–water partition coefficient (Wildman–Crippen LogP) is 2.68. The van der Waals surface area contributed by atoms with Crippen LogP contribution in [0.3, 0.4) is 0 Å². The summed E-state index contributed by atoms with van der Waals surface area (Å²) < 4.78 is 13.7. The smallest absolute Gasteiger partial charge is 0.145 e. The molecule has 0 bridgehead atoms. The normalized spacial score (nSPS) is 14.1. The van der Waals surface area contributed by atoms with Crippen molar-refractivity contribution in [2.24, 2.45) is 0 Å². The van der Waals surface area contributed by atoms with Gasteiger partial charge in [0.25, 0.3) is 0 Å². The van der Waals surface area contributed by atoms with Crippen LogP contribution in [0.15, 0.2) is 48.7 Å². The van der Waals surface area contributed by atoms with Crippen LogP contribution in [0.5, 0.6) is 17.2 Å². The number of benzene rings is 2. The molecule has 8 nitrogen and oxygen atoms in total. The lowest BCUT2D eigenvalue weighted by molar-refractivity contribution is 0.201. The molecule has 2 aromatic carbocycles. The molecule has 4 rings (SSSR count). The number of aromatic nitrogens is 2. The van der Waals surface area contributed by atoms with Crippen molar-refractivity contribution in [1.29, 1.82) is 5.26 Å². The first kappa shape index (κ1) is 22.8. The van der Waals surface area contributed by atoms with E-state index >= 15 is 0 Å². The lowest BCUT2D eigenvalue weighted by Crippen LogP contribution is -2.43. The van der Waals surface area contributed by atoms with Crippen molar-refractivity contribution < 1.29 is 14.6 Å². The summed E-state index contributed by atoms with van der Waals surface area (Å²) in [5.41, 5.74) is 2.66. The van der Waals surface area contributed by atoms with Crippen molar-refractivity contribution in [2.45, 2.75) is 20.0 Å². The molecule has 1 aliphatic heterocycles. The van der Waals surface area contributed by atoms with Crippen LogP contribution in [0.2, 0.25) is 0 Å². The van der Waals surface area contributed by atoms with Crippen LogP contribution in [0.1, 0.15) is 22.6 Å². The number of aliphatic hydroxyl groups is 1. The maximum atomic E-state index is 9.58. The largest absolute Gasteiger partial charge is 0.491 e. The molecule has 1 fully saturated rings. The monoisotopic (exact) mass is 447 g/mol. The van der Waals surface area contributed by atoms with Gasteiger partial charge in [0.05, 0.1) is 17.9 Å². The van der Waals surface area contributed by atoms with Gasteiger partial charge < -0.3 is 24.5 Å². The van der Waals surface area contributed by atoms with Crippen molar-refractivity contribution in [3.8, 4) is 23.3 Å². The van der Waals surface area contributed by atoms with Gasteiger partial charge in [0.1, 0.15) is 35.7 Å². The molecule has 0 saturated carbocycles. The summed E-state index contributed by atoms with van der Waals surface area (Å²) in [6.07, 6.45) is 1.95. The van der Waals surface area contributed by atoms with Crippen LogP contribution in [-0.4, -0.2) is 59.0 Å². The lowest BCUT2D eigenvalue weighted by atomic mass is 10.1. The molecule has 2 heterocycles. The van der Waals surface area contributed by atoms with E-state index in [1.165, 1.54) is 5.69 Å². The molecule has 1 saturated heterocycles. The molecular formula is C25H29N5O3. The van der Waals surface area contributed by atoms with Gasteiger partial charge in [-0.15, -0.1) is 0 Å². The molecule has 1 aromatic heterocycles. The summed E-state index contributed by atoms with van der Waals surface area (Å²) in [7, 11) is 0. The molecule has 8 heteroatoms. The highest BCUT2D eigenvalue weighted by molar-refractivity contribution is 5.48. The van der Waals surface area contributed by atoms with Gasteiger partial charge in [0, 0.05) is 51.5 Å². The maximum Gasteiger partial charge on any atom is 0.145 e. The molecule has 33 heavy (non-hydrogen) atoms. The number of hydrogen-bond donors (Lipinski definition) is 2. The maximum absolute atomic E-state index is 9.58. The Morgan fingerprint density at radius 1 is 1.12 bits per heavy atom. The SMILES string of the molecule is Cc1ncc(CN2CCNCC2)n1Cc1ccc(C#N)c(Oc2cccc(OCCO)c2)c1. The van der Waals surface area contributed by atoms with Crippen LogP contribution in [0.25, 0.3) is 0 Å². The third-order valence-electron chi connectivity index (χ3n) is 5.63. The molecule has 0 spiro atoms. The van der Waals surface area contributed by atoms with Crippen molar-refractivity contribution in [1.82, 2.24) is 19.8 Å². The Kier molecular flexibility index (Phi) is 7.58. The third kappa shape index (κ3) is 5.90. The second-order valence-electron chi connectivity index (χ2n) is 8.00. The molecule has 3 aromatic rings. The van der Waals surface area contributed by atoms with E-state index in [9.17, 15) is 5.26 Å². The zero-order chi connectivity index (χ0) is 23.0. The summed E-state index contributed by atoms with van der Waals surface area (Å²) in [5, 5.41) is 21.9. The average molecular weight is 448 g/mol. The summed E-state index contributed by atoms with van der Waals surface area (Å²) in [6.45, 7) is 7.75. The van der Waals surface area contributed by atoms with Gasteiger partial charge in [-0.25, -0.2) is 4.98 Å². The van der Waals surface area contributed by atoms with Gasteiger partial charge in [-0.1, -0.05) is 12.1 Å². The summed E-state index contributed by atoms with van der Waals surface area (Å²) in [6, 6.07) is 15.0. The highest BCUT2D eigenvalue weighted by Crippen LogP contribution is 2.29. The summed E-state index contributed by atoms with van der Waals surface area (Å²) in [5.74, 6) is 2.62. The molecule has 0 amide bonds. The molecule has 0 aliphatic carbocycles. The van der Waals surface area contributed by atoms with Crippen LogP contribution >= 0.6 is 0 Å². The number of hydrogen-bond acceptors (Lipinski definition) is 7. The Hall–Kier alpha value is -3.38. The zero-order valence-electron chi connectivity index (χ0n) is 18.8. The number of imidazole rings is 1. The topological polar surface area (TPSA) is 95.6 Å². The van der Waals surface area contributed by atoms with Crippen molar-refractivity contribution in [2.75, 3.05) is 39.4 Å². The van der Waals surface area contributed by atoms with E-state index in [0.717, 1.165) is 44.1 Å². The summed E-state index contributed by atoms with van der Waals surface area (Å²) >= 11 is 0. The standard InChI is InChI=1S/C25H29N5O3/c1-19-28-16-22(18-29-9-7-27-8-10-29)30(19)17-20-5-6-21(15-26)25(13-20)33-24-4-2-3-23(14-24)32-12-11-31/h2-6,13-14,16,27,31H,7-12,17-18H2,1H3. The average Bonchev–Trinajstić information content (AvgIpc) is 3.17. The number of aryl methyl sites for hydroxylation is 1. The first-order valence-electron chi connectivity index (χ1n) is 11.1. The second-order valence-corrected chi connectivity index (χ2v) is 8.00. The number of nitriles is 1. The molecule has 0 radical (unpaired) electrons. The van der Waals surface area contributed by atoms with Gasteiger partial charge in [-0.05, 0) is 36.8 Å². The van der Waals surface area contributed by atoms with E-state index in [2.05, 4.69) is 25.8 Å². The van der Waals surface area contributed by atoms with Gasteiger partial charge in [-0.3, -0.25) is 4.90 Å². The number of ether oxygens (including phenoxy) is 2. The Morgan fingerprint density at radius 3 is 2.73 bits per heavy atom. The Labute approximate surface area is 194 Å². The minimum absolute atomic E-state index is 0.0595. The van der Waals surface area contributed by atoms with Crippen LogP contribution in [0.4, 0.5) is 0 Å². The molecule has 1 aliphatic rings. The Bertz CT molecular complexity index is 1120. The van der Waals surface area contributed by atoms with E-state index in [0.29, 0.717) is 29.4 Å². The van der Waals surface area contributed by atoms with E-state index < -0.39 is 0 Å². The van der Waals surface area contributed by atoms with Gasteiger partial charge in [-0.2, -0.15) is 5.26 Å². The van der Waals surface area contributed by atoms with Crippen LogP contribution in [0, 0.1) is 18.3 Å². The van der Waals surface area contributed by atoms with Crippen LogP contribution in [-0.2, 0) is 13.1 Å².